The Labute approximate surface area is 184 Å². The van der Waals surface area contributed by atoms with E-state index in [9.17, 15) is 14.4 Å². The van der Waals surface area contributed by atoms with Gasteiger partial charge >= 0.3 is 5.97 Å². The predicted octanol–water partition coefficient (Wildman–Crippen LogP) is 6.69. The van der Waals surface area contributed by atoms with Gasteiger partial charge in [0.05, 0.1) is 6.61 Å². The van der Waals surface area contributed by atoms with E-state index >= 15 is 0 Å². The van der Waals surface area contributed by atoms with Gasteiger partial charge in [-0.05, 0) is 63.2 Å². The van der Waals surface area contributed by atoms with Gasteiger partial charge in [-0.3, -0.25) is 14.4 Å². The van der Waals surface area contributed by atoms with Crippen LogP contribution in [0.1, 0.15) is 118 Å². The van der Waals surface area contributed by atoms with Gasteiger partial charge in [-0.15, -0.1) is 0 Å². The first-order chi connectivity index (χ1) is 14.3. The monoisotopic (exact) mass is 422 g/mol. The third kappa shape index (κ3) is 9.31. The summed E-state index contributed by atoms with van der Waals surface area (Å²) >= 11 is 0. The van der Waals surface area contributed by atoms with Crippen LogP contribution in [-0.4, -0.2) is 24.1 Å². The van der Waals surface area contributed by atoms with Gasteiger partial charge in [-0.25, -0.2) is 0 Å². The summed E-state index contributed by atoms with van der Waals surface area (Å²) in [5.74, 6) is 0.109. The van der Waals surface area contributed by atoms with Crippen molar-refractivity contribution in [1.29, 1.82) is 0 Å². The van der Waals surface area contributed by atoms with E-state index in [0.717, 1.165) is 38.5 Å². The van der Waals surface area contributed by atoms with Crippen LogP contribution < -0.4 is 0 Å². The van der Waals surface area contributed by atoms with Crippen LogP contribution in [0.25, 0.3) is 0 Å². The molecule has 1 unspecified atom stereocenters. The average molecular weight is 423 g/mol. The molecule has 174 valence electrons. The number of hydrogen-bond donors (Lipinski definition) is 0. The lowest BCUT2D eigenvalue weighted by Crippen LogP contribution is -2.25. The molecule has 0 heterocycles. The standard InChI is InChI=1S/C26H46O4/c1-6-9-18-26(4,5)19-12-13-20-16-17-24(28)22(20)14-10-11-15-23(27)21(7-2)25(29)30-8-3/h20-22H,6-19H2,1-5H3/t20-,21?,22+/m0/s1. The number of rotatable bonds is 16. The number of carbonyl (C=O) groups excluding carboxylic acids is 3. The minimum Gasteiger partial charge on any atom is -0.465 e. The Kier molecular flexibility index (Phi) is 12.5. The molecular formula is C26H46O4. The summed E-state index contributed by atoms with van der Waals surface area (Å²) in [5, 5.41) is 0. The van der Waals surface area contributed by atoms with Crippen molar-refractivity contribution in [2.75, 3.05) is 6.61 Å². The second-order valence-corrected chi connectivity index (χ2v) is 9.96. The fraction of sp³-hybridized carbons (Fsp3) is 0.885. The number of carbonyl (C=O) groups is 3. The van der Waals surface area contributed by atoms with Gasteiger partial charge in [0.2, 0.25) is 0 Å². The van der Waals surface area contributed by atoms with Crippen LogP contribution in [0.4, 0.5) is 0 Å². The van der Waals surface area contributed by atoms with Crippen molar-refractivity contribution < 1.29 is 19.1 Å². The molecular weight excluding hydrogens is 376 g/mol. The van der Waals surface area contributed by atoms with Gasteiger partial charge in [-0.1, -0.05) is 53.4 Å². The second kappa shape index (κ2) is 14.0. The Morgan fingerprint density at radius 3 is 2.37 bits per heavy atom. The maximum Gasteiger partial charge on any atom is 0.316 e. The Hall–Kier alpha value is -1.19. The smallest absolute Gasteiger partial charge is 0.316 e. The molecule has 0 saturated heterocycles. The molecule has 1 rings (SSSR count). The number of unbranched alkanes of at least 4 members (excludes halogenated alkanes) is 2. The van der Waals surface area contributed by atoms with E-state index in [-0.39, 0.29) is 11.7 Å². The fourth-order valence-electron chi connectivity index (χ4n) is 4.95. The van der Waals surface area contributed by atoms with Crippen LogP contribution in [0.15, 0.2) is 0 Å². The second-order valence-electron chi connectivity index (χ2n) is 9.96. The zero-order valence-corrected chi connectivity index (χ0v) is 20.3. The van der Waals surface area contributed by atoms with Crippen LogP contribution >= 0.6 is 0 Å². The van der Waals surface area contributed by atoms with Crippen LogP contribution in [0.5, 0.6) is 0 Å². The maximum absolute atomic E-state index is 12.4. The molecule has 0 aromatic carbocycles. The molecule has 1 fully saturated rings. The van der Waals surface area contributed by atoms with E-state index in [4.69, 9.17) is 4.74 Å². The minimum atomic E-state index is -0.623. The van der Waals surface area contributed by atoms with E-state index in [2.05, 4.69) is 20.8 Å². The SMILES string of the molecule is CCCCC(C)(C)CCC[C@H]1CCC(=O)[C@@H]1CCCCC(=O)C(CC)C(=O)OCC. The highest BCUT2D eigenvalue weighted by Crippen LogP contribution is 2.38. The molecule has 1 aliphatic rings. The summed E-state index contributed by atoms with van der Waals surface area (Å²) < 4.78 is 5.01. The normalized spacial score (nSPS) is 20.4. The third-order valence-electron chi connectivity index (χ3n) is 6.94. The minimum absolute atomic E-state index is 0.0143. The van der Waals surface area contributed by atoms with Crippen molar-refractivity contribution in [3.8, 4) is 0 Å². The van der Waals surface area contributed by atoms with Crippen molar-refractivity contribution in [3.63, 3.8) is 0 Å². The molecule has 3 atom stereocenters. The number of esters is 1. The largest absolute Gasteiger partial charge is 0.465 e. The van der Waals surface area contributed by atoms with Gasteiger partial charge in [0.1, 0.15) is 17.5 Å². The molecule has 0 radical (unpaired) electrons. The molecule has 0 spiro atoms. The molecule has 4 heteroatoms. The highest BCUT2D eigenvalue weighted by molar-refractivity contribution is 5.98. The highest BCUT2D eigenvalue weighted by atomic mass is 16.5. The summed E-state index contributed by atoms with van der Waals surface area (Å²) in [6, 6.07) is 0. The van der Waals surface area contributed by atoms with Crippen molar-refractivity contribution in [2.24, 2.45) is 23.2 Å². The molecule has 0 aliphatic heterocycles. The van der Waals surface area contributed by atoms with Crippen LogP contribution in [-0.2, 0) is 19.1 Å². The molecule has 0 aromatic heterocycles. The van der Waals surface area contributed by atoms with Crippen molar-refractivity contribution in [2.45, 2.75) is 118 Å². The average Bonchev–Trinajstić information content (AvgIpc) is 3.04. The number of hydrogen-bond acceptors (Lipinski definition) is 4. The summed E-state index contributed by atoms with van der Waals surface area (Å²) in [5.41, 5.74) is 0.406. The van der Waals surface area contributed by atoms with E-state index in [0.29, 0.717) is 36.6 Å². The van der Waals surface area contributed by atoms with E-state index < -0.39 is 11.9 Å². The molecule has 0 amide bonds. The lowest BCUT2D eigenvalue weighted by atomic mass is 9.79. The number of Topliss-reactive ketones (excluding diaryl/α,β-unsaturated/α-hetero) is 2. The summed E-state index contributed by atoms with van der Waals surface area (Å²) in [6.07, 6.45) is 12.7. The molecule has 1 aliphatic carbocycles. The third-order valence-corrected chi connectivity index (χ3v) is 6.94. The highest BCUT2D eigenvalue weighted by Gasteiger charge is 2.34. The van der Waals surface area contributed by atoms with Crippen molar-refractivity contribution >= 4 is 17.5 Å². The first kappa shape index (κ1) is 26.8. The Morgan fingerprint density at radius 1 is 1.03 bits per heavy atom. The zero-order chi connectivity index (χ0) is 22.6. The summed E-state index contributed by atoms with van der Waals surface area (Å²) in [6.45, 7) is 10.9. The van der Waals surface area contributed by atoms with Gasteiger partial charge in [0, 0.05) is 18.8 Å². The predicted molar refractivity (Wildman–Crippen MR) is 122 cm³/mol. The van der Waals surface area contributed by atoms with Crippen LogP contribution in [0.3, 0.4) is 0 Å². The van der Waals surface area contributed by atoms with Gasteiger partial charge in [0.15, 0.2) is 0 Å². The summed E-state index contributed by atoms with van der Waals surface area (Å²) in [4.78, 5) is 36.6. The molecule has 0 bridgehead atoms. The van der Waals surface area contributed by atoms with Crippen molar-refractivity contribution in [1.82, 2.24) is 0 Å². The van der Waals surface area contributed by atoms with Crippen LogP contribution in [0, 0.1) is 23.2 Å². The first-order valence-corrected chi connectivity index (χ1v) is 12.5. The molecule has 30 heavy (non-hydrogen) atoms. The topological polar surface area (TPSA) is 60.4 Å². The van der Waals surface area contributed by atoms with Crippen LogP contribution in [0.2, 0.25) is 0 Å². The Bertz CT molecular complexity index is 537. The first-order valence-electron chi connectivity index (χ1n) is 12.5. The van der Waals surface area contributed by atoms with E-state index in [1.807, 2.05) is 6.92 Å². The number of ketones is 2. The van der Waals surface area contributed by atoms with Gasteiger partial charge < -0.3 is 4.74 Å². The maximum atomic E-state index is 12.4. The Balaban J connectivity index is 2.37. The van der Waals surface area contributed by atoms with Crippen molar-refractivity contribution in [3.05, 3.63) is 0 Å². The lowest BCUT2D eigenvalue weighted by Gasteiger charge is -2.26. The molecule has 0 aromatic rings. The van der Waals surface area contributed by atoms with E-state index in [1.54, 1.807) is 6.92 Å². The molecule has 4 nitrogen and oxygen atoms in total. The quantitative estimate of drug-likeness (QED) is 0.158. The Morgan fingerprint density at radius 2 is 1.73 bits per heavy atom. The molecule has 0 N–H and O–H groups in total. The number of ether oxygens (including phenoxy) is 1. The lowest BCUT2D eigenvalue weighted by molar-refractivity contribution is -0.151. The zero-order valence-electron chi connectivity index (χ0n) is 20.3. The summed E-state index contributed by atoms with van der Waals surface area (Å²) in [7, 11) is 0. The molecule has 1 saturated carbocycles. The fourth-order valence-corrected chi connectivity index (χ4v) is 4.95. The van der Waals surface area contributed by atoms with Gasteiger partial charge in [-0.2, -0.15) is 0 Å². The van der Waals surface area contributed by atoms with E-state index in [1.165, 1.54) is 32.1 Å². The van der Waals surface area contributed by atoms with Gasteiger partial charge in [0.25, 0.3) is 0 Å².